The Labute approximate surface area is 847 Å². The minimum Gasteiger partial charge on any atom is -0.691 e. The van der Waals surface area contributed by atoms with Crippen LogP contribution in [0.25, 0.3) is 0 Å². The van der Waals surface area contributed by atoms with E-state index < -0.39 is 211 Å². The van der Waals surface area contributed by atoms with Crippen LogP contribution in [0.3, 0.4) is 0 Å². The molecule has 1 saturated heterocycles. The smallest absolute Gasteiger partial charge is 0.415 e. The Hall–Kier alpha value is -3.68. The Morgan fingerprint density at radius 1 is 0.303 bits per heavy atom. The SMILES string of the molecule is O=C(OC1CC2CCC1C2)C(F)(F)SOO[O-].O=C(OC1CCCC1)C(F)(F)SOO[O-].O=C(OC1CCCCC1)C(F)(F)SOO[O-].O=C(OCC12CC3CC(CC(C3)C1)C2)C(F)(F)SOO[O-].O=C(OCC1C2CCC(CC2)C1CO)C(F)(F)SOO[O-].O=C(OCC1CC2CC(O)C1C2)C(F)(F)SOO[O-].O=C(OCC1CC2CC1CC2O)C(F)(F)SOO[O-].O=C(OCC1CCCCO1)C(F)(F)SOO[O-]. The number of aliphatic hydroxyl groups is 3. The van der Waals surface area contributed by atoms with Crippen LogP contribution in [0.5, 0.6) is 0 Å². The summed E-state index contributed by atoms with van der Waals surface area (Å²) in [4.78, 5) is 89.0. The Morgan fingerprint density at radius 2 is 0.662 bits per heavy atom. The lowest BCUT2D eigenvalue weighted by Gasteiger charge is -2.56. The first-order valence-corrected chi connectivity index (χ1v) is 50.7. The number of ether oxygens (including phenoxy) is 9. The largest absolute Gasteiger partial charge is 0.691 e. The molecule has 15 saturated carbocycles. The van der Waals surface area contributed by atoms with Gasteiger partial charge in [0.05, 0.1) is 44.7 Å². The first-order chi connectivity index (χ1) is 68.5. The maximum Gasteiger partial charge on any atom is 0.415 e. The normalized spacial score (nSPS) is 29.1. The molecule has 1 heterocycles. The maximum atomic E-state index is 13.3. The first kappa shape index (κ1) is 128. The van der Waals surface area contributed by atoms with Gasteiger partial charge in [-0.05, 0) is 282 Å². The van der Waals surface area contributed by atoms with Crippen LogP contribution in [0.2, 0.25) is 0 Å². The van der Waals surface area contributed by atoms with Crippen LogP contribution in [-0.4, -0.2) is 188 Å². The number of fused-ring (bicyclic) bond motifs is 9. The average molecular weight is 2290 g/mol. The van der Waals surface area contributed by atoms with Crippen molar-refractivity contribution >= 4 is 144 Å². The van der Waals surface area contributed by atoms with Crippen molar-refractivity contribution in [1.29, 1.82) is 0 Å². The highest BCUT2D eigenvalue weighted by Crippen LogP contribution is 2.61. The van der Waals surface area contributed by atoms with Crippen LogP contribution in [0.1, 0.15) is 205 Å². The Bertz CT molecular complexity index is 3840. The minimum absolute atomic E-state index is 0.00667. The number of aliphatic hydroxyl groups excluding tert-OH is 3. The quantitative estimate of drug-likeness (QED) is 0.0129. The van der Waals surface area contributed by atoms with E-state index in [2.05, 4.69) is 103 Å². The third-order valence-electron chi connectivity index (χ3n) is 26.8. The number of hydrogen-bond donors (Lipinski definition) is 3. The van der Waals surface area contributed by atoms with E-state index in [0.29, 0.717) is 99.4 Å². The van der Waals surface area contributed by atoms with Gasteiger partial charge in [-0.15, -0.1) is 0 Å². The number of esters is 8. The van der Waals surface area contributed by atoms with Crippen molar-refractivity contribution in [2.45, 2.75) is 284 Å². The highest BCUT2D eigenvalue weighted by molar-refractivity contribution is 7.98. The third-order valence-corrected chi connectivity index (χ3v) is 30.8. The number of hydrogen-bond acceptors (Lipinski definition) is 52. The molecule has 0 radical (unpaired) electrons. The van der Waals surface area contributed by atoms with Crippen LogP contribution < -0.4 is 42.1 Å². The number of rotatable bonds is 46. The molecule has 15 aliphatic carbocycles. The highest BCUT2D eigenvalue weighted by atomic mass is 32.2. The fourth-order valence-corrected chi connectivity index (χ4v) is 23.0. The number of carbonyl (C=O) groups is 8. The van der Waals surface area contributed by atoms with Crippen molar-refractivity contribution in [2.24, 2.45) is 94.2 Å². The number of carbonyl (C=O) groups excluding carboxylic acids is 8. The number of alkyl halides is 16. The Balaban J connectivity index is 0.000000225. The summed E-state index contributed by atoms with van der Waals surface area (Å²) in [5.74, 6) is -9.98. The lowest BCUT2D eigenvalue weighted by Crippen LogP contribution is -2.49. The van der Waals surface area contributed by atoms with Crippen molar-refractivity contribution in [1.82, 2.24) is 0 Å². The van der Waals surface area contributed by atoms with Crippen molar-refractivity contribution in [3.8, 4) is 0 Å². The summed E-state index contributed by atoms with van der Waals surface area (Å²) in [5, 5.41) is 94.5. The zero-order valence-corrected chi connectivity index (χ0v) is 82.1. The zero-order chi connectivity index (χ0) is 107. The molecule has 0 amide bonds. The van der Waals surface area contributed by atoms with Crippen molar-refractivity contribution in [3.63, 3.8) is 0 Å². The van der Waals surface area contributed by atoms with Gasteiger partial charge in [-0.2, -0.15) is 105 Å². The lowest BCUT2D eigenvalue weighted by molar-refractivity contribution is -0.777. The molecule has 14 unspecified atom stereocenters. The zero-order valence-electron chi connectivity index (χ0n) is 75.6. The minimum atomic E-state index is -4.01. The maximum absolute atomic E-state index is 13.3. The molecular weight excluding hydrogens is 2190 g/mol. The molecule has 14 atom stereocenters. The molecule has 44 nitrogen and oxygen atoms in total. The van der Waals surface area contributed by atoms with Gasteiger partial charge in [-0.1, -0.05) is 6.42 Å². The predicted octanol–water partition coefficient (Wildman–Crippen LogP) is 8.06. The van der Waals surface area contributed by atoms with E-state index >= 15 is 0 Å². The predicted molar refractivity (Wildman–Crippen MR) is 433 cm³/mol. The van der Waals surface area contributed by atoms with E-state index in [1.54, 1.807) is 0 Å². The molecule has 0 aromatic rings. The summed E-state index contributed by atoms with van der Waals surface area (Å²) in [7, 11) is 0. The molecule has 0 spiro atoms. The summed E-state index contributed by atoms with van der Waals surface area (Å²) in [6.45, 7) is -0.134. The fraction of sp³-hybridized carbons (Fsp3) is 0.896. The molecular formula is C77H102F16O44S8-8. The molecule has 145 heavy (non-hydrogen) atoms. The molecule has 1 aliphatic heterocycles. The van der Waals surface area contributed by atoms with Crippen LogP contribution in [-0.2, 0) is 156 Å². The van der Waals surface area contributed by atoms with E-state index in [-0.39, 0.29) is 105 Å². The monoisotopic (exact) mass is 2290 g/mol. The second kappa shape index (κ2) is 62.2. The van der Waals surface area contributed by atoms with Crippen LogP contribution in [0, 0.1) is 94.2 Å². The van der Waals surface area contributed by atoms with Crippen molar-refractivity contribution in [3.05, 3.63) is 0 Å². The second-order valence-corrected chi connectivity index (χ2v) is 42.7. The van der Waals surface area contributed by atoms with Gasteiger partial charge in [0.2, 0.25) is 0 Å². The first-order valence-electron chi connectivity index (χ1n) is 44.7. The van der Waals surface area contributed by atoms with Gasteiger partial charge < -0.3 is 100 Å². The summed E-state index contributed by atoms with van der Waals surface area (Å²) in [5.41, 5.74) is -0.124. The summed E-state index contributed by atoms with van der Waals surface area (Å²) >= 11 is -5.44. The molecule has 12 bridgehead atoms. The van der Waals surface area contributed by atoms with Crippen molar-refractivity contribution in [2.75, 3.05) is 46.2 Å². The highest BCUT2D eigenvalue weighted by Gasteiger charge is 2.57. The molecule has 16 aliphatic rings. The van der Waals surface area contributed by atoms with Crippen LogP contribution in [0.15, 0.2) is 0 Å². The van der Waals surface area contributed by atoms with E-state index in [4.69, 9.17) is 14.2 Å². The van der Waals surface area contributed by atoms with Gasteiger partial charge in [0.15, 0.2) is 0 Å². The summed E-state index contributed by atoms with van der Waals surface area (Å²) < 4.78 is 278. The second-order valence-electron chi connectivity index (χ2n) is 36.2. The molecule has 16 rings (SSSR count). The van der Waals surface area contributed by atoms with Crippen LogP contribution >= 0.6 is 96.3 Å². The lowest BCUT2D eigenvalue weighted by atomic mass is 9.50. The average Bonchev–Trinajstić information content (AvgIpc) is 1.66. The Morgan fingerprint density at radius 3 is 1.01 bits per heavy atom. The molecule has 842 valence electrons. The van der Waals surface area contributed by atoms with E-state index in [1.807, 2.05) is 0 Å². The van der Waals surface area contributed by atoms with Crippen LogP contribution in [0.4, 0.5) is 70.2 Å². The molecule has 3 N–H and O–H groups in total. The molecule has 16 fully saturated rings. The number of halogens is 16. The summed E-state index contributed by atoms with van der Waals surface area (Å²) in [6, 6.07) is 0. The Kier molecular flexibility index (Phi) is 55.0. The van der Waals surface area contributed by atoms with Crippen molar-refractivity contribution < 1.29 is 284 Å². The van der Waals surface area contributed by atoms with Gasteiger partial charge in [-0.3, -0.25) is 40.3 Å². The van der Waals surface area contributed by atoms with Gasteiger partial charge in [0.25, 0.3) is 0 Å². The van der Waals surface area contributed by atoms with Gasteiger partial charge in [0.1, 0.15) is 121 Å². The molecule has 0 aromatic heterocycles. The van der Waals surface area contributed by atoms with E-state index in [0.717, 1.165) is 135 Å². The standard InChI is InChI=1S/C13H18F2O5S.C12H18F2O6S.2C10H14F2O6S.C9H12F2O5S.C8H12F2O6S.C8H12F2O5S.C7H10F2O5S/c14-13(15,21-20-19-17)11(16)18-7-12-4-8-1-9(5-12)3-10(2-8)6-12;13-12(14,21-20-19-17)11(16)18-6-10-8-3-1-7(2-4-8)9(10)5-15;11-10(12,19-18-17-15)9(14)16-4-7-2-6-1-5(7)3-8(6)13;11-10(12,19-18-17-15)9(14)16-4-6-1-5-2-7(6)8(13)3-5;10-9(11,17-16-15-13)8(12)14-7-4-5-1-2-6(7)3-5;9-8(10,17-16-15-12)7(11)14-5-6-3-1-2-4-13-6;9-8(10,16-15-14-12)7(11)13-6-4-2-1-3-5-6;8-7(9,15-14-13-11)6(10)12-5-3-1-2-4-5/h8-10,17H,1-7H2;7-10,15,17H,1-6H2;2*5-8,13,15H,1-4H2;5-7,13H,1-4H2;6,12H,1-5H2;6,12H,1-5H2;5,11H,1-4H2/p-8. The van der Waals surface area contributed by atoms with E-state index in [9.17, 15) is 166 Å². The topological polar surface area (TPSA) is 612 Å². The van der Waals surface area contributed by atoms with Gasteiger partial charge in [0, 0.05) is 24.5 Å². The summed E-state index contributed by atoms with van der Waals surface area (Å²) in [6.07, 6.45) is 25.5. The molecule has 68 heteroatoms. The molecule has 0 aromatic carbocycles. The van der Waals surface area contributed by atoms with Gasteiger partial charge in [-0.25, -0.2) is 38.4 Å². The van der Waals surface area contributed by atoms with Gasteiger partial charge >= 0.3 is 89.8 Å². The fourth-order valence-electron chi connectivity index (χ4n) is 21.1. The third kappa shape index (κ3) is 41.8. The van der Waals surface area contributed by atoms with E-state index in [1.165, 1.54) is 19.3 Å².